The van der Waals surface area contributed by atoms with E-state index in [4.69, 9.17) is 0 Å². The molecule has 7 heteroatoms. The van der Waals surface area contributed by atoms with Crippen molar-refractivity contribution in [2.45, 2.75) is 37.4 Å². The van der Waals surface area contributed by atoms with Gasteiger partial charge in [0.05, 0.1) is 12.0 Å². The number of fused-ring (bicyclic) bond motifs is 2. The van der Waals surface area contributed by atoms with Crippen molar-refractivity contribution in [2.75, 3.05) is 19.6 Å². The summed E-state index contributed by atoms with van der Waals surface area (Å²) in [7, 11) is 0. The first-order chi connectivity index (χ1) is 13.4. The molecule has 0 bridgehead atoms. The van der Waals surface area contributed by atoms with Gasteiger partial charge in [-0.2, -0.15) is 13.2 Å². The molecule has 0 radical (unpaired) electrons. The fraction of sp³-hybridized carbons (Fsp3) is 0.429. The Labute approximate surface area is 161 Å². The van der Waals surface area contributed by atoms with E-state index in [1.165, 1.54) is 17.8 Å². The number of carbonyl (C=O) groups is 1. The second kappa shape index (κ2) is 7.20. The van der Waals surface area contributed by atoms with Crippen molar-refractivity contribution in [2.24, 2.45) is 0 Å². The minimum absolute atomic E-state index is 0.0722. The highest BCUT2D eigenvalue weighted by Gasteiger charge is 2.41. The molecule has 148 valence electrons. The highest BCUT2D eigenvalue weighted by molar-refractivity contribution is 5.82. The standard InChI is InChI=1S/C21H22F3N3O/c22-21(23,24)18-6-5-15(14-25-18)7-10-27-11-8-20(9-12-27)17-4-2-1-3-16(17)13-19(28)26-20/h1-6,14H,7-13H2,(H,26,28). The van der Waals surface area contributed by atoms with Gasteiger partial charge in [0.25, 0.3) is 0 Å². The van der Waals surface area contributed by atoms with E-state index in [0.29, 0.717) is 12.8 Å². The van der Waals surface area contributed by atoms with Crippen molar-refractivity contribution in [3.05, 3.63) is 65.0 Å². The van der Waals surface area contributed by atoms with Gasteiger partial charge in [0, 0.05) is 25.8 Å². The van der Waals surface area contributed by atoms with Gasteiger partial charge in [-0.15, -0.1) is 0 Å². The lowest BCUT2D eigenvalue weighted by atomic mass is 9.75. The molecule has 1 fully saturated rings. The lowest BCUT2D eigenvalue weighted by molar-refractivity contribution is -0.141. The first kappa shape index (κ1) is 18.9. The Morgan fingerprint density at radius 3 is 2.54 bits per heavy atom. The third kappa shape index (κ3) is 3.76. The van der Waals surface area contributed by atoms with Gasteiger partial charge in [-0.1, -0.05) is 30.3 Å². The Morgan fingerprint density at radius 1 is 1.11 bits per heavy atom. The lowest BCUT2D eigenvalue weighted by Crippen LogP contribution is -2.56. The number of nitrogens with zero attached hydrogens (tertiary/aromatic N) is 2. The van der Waals surface area contributed by atoms with E-state index in [0.717, 1.165) is 49.7 Å². The summed E-state index contributed by atoms with van der Waals surface area (Å²) in [4.78, 5) is 18.0. The maximum Gasteiger partial charge on any atom is 0.433 e. The number of hydrogen-bond donors (Lipinski definition) is 1. The molecule has 3 heterocycles. The summed E-state index contributed by atoms with van der Waals surface area (Å²) in [6.07, 6.45) is -0.335. The molecule has 1 amide bonds. The topological polar surface area (TPSA) is 45.2 Å². The number of nitrogens with one attached hydrogen (secondary N) is 1. The van der Waals surface area contributed by atoms with E-state index in [-0.39, 0.29) is 11.4 Å². The van der Waals surface area contributed by atoms with E-state index >= 15 is 0 Å². The molecule has 0 atom stereocenters. The highest BCUT2D eigenvalue weighted by atomic mass is 19.4. The molecular weight excluding hydrogens is 367 g/mol. The van der Waals surface area contributed by atoms with Crippen LogP contribution in [-0.4, -0.2) is 35.4 Å². The molecule has 0 aliphatic carbocycles. The number of alkyl halides is 3. The summed E-state index contributed by atoms with van der Waals surface area (Å²) in [6, 6.07) is 10.7. The van der Waals surface area contributed by atoms with E-state index in [1.807, 2.05) is 18.2 Å². The maximum atomic E-state index is 12.6. The number of pyridine rings is 1. The SMILES string of the molecule is O=C1Cc2ccccc2C2(CCN(CCc3ccc(C(F)(F)F)nc3)CC2)N1. The maximum absolute atomic E-state index is 12.6. The average Bonchev–Trinajstić information content (AvgIpc) is 2.67. The molecule has 1 aromatic heterocycles. The molecule has 2 aliphatic rings. The van der Waals surface area contributed by atoms with Gasteiger partial charge in [-0.05, 0) is 42.0 Å². The molecule has 2 aliphatic heterocycles. The minimum Gasteiger partial charge on any atom is -0.346 e. The summed E-state index contributed by atoms with van der Waals surface area (Å²) in [6.45, 7) is 2.43. The van der Waals surface area contributed by atoms with E-state index < -0.39 is 11.9 Å². The van der Waals surface area contributed by atoms with Crippen LogP contribution >= 0.6 is 0 Å². The lowest BCUT2D eigenvalue weighted by Gasteiger charge is -2.45. The molecular formula is C21H22F3N3O. The van der Waals surface area contributed by atoms with Crippen LogP contribution in [0.3, 0.4) is 0 Å². The predicted octanol–water partition coefficient (Wildman–Crippen LogP) is 3.31. The van der Waals surface area contributed by atoms with Crippen LogP contribution in [0.5, 0.6) is 0 Å². The molecule has 2 aromatic rings. The largest absolute Gasteiger partial charge is 0.433 e. The van der Waals surface area contributed by atoms with E-state index in [9.17, 15) is 18.0 Å². The molecule has 4 rings (SSSR count). The molecule has 0 unspecified atom stereocenters. The molecule has 28 heavy (non-hydrogen) atoms. The second-order valence-electron chi connectivity index (χ2n) is 7.61. The third-order valence-electron chi connectivity index (χ3n) is 5.80. The van der Waals surface area contributed by atoms with Crippen LogP contribution in [0, 0.1) is 0 Å². The quantitative estimate of drug-likeness (QED) is 0.876. The van der Waals surface area contributed by atoms with E-state index in [2.05, 4.69) is 21.3 Å². The summed E-state index contributed by atoms with van der Waals surface area (Å²) < 4.78 is 37.8. The first-order valence-electron chi connectivity index (χ1n) is 9.50. The summed E-state index contributed by atoms with van der Waals surface area (Å²) in [5.41, 5.74) is 1.97. The molecule has 1 aromatic carbocycles. The molecule has 1 saturated heterocycles. The van der Waals surface area contributed by atoms with Crippen LogP contribution in [0.25, 0.3) is 0 Å². The minimum atomic E-state index is -4.40. The number of aromatic nitrogens is 1. The number of piperidine rings is 1. The molecule has 1 spiro atoms. The Kier molecular flexibility index (Phi) is 4.87. The third-order valence-corrected chi connectivity index (χ3v) is 5.80. The van der Waals surface area contributed by atoms with Crippen molar-refractivity contribution in [1.29, 1.82) is 0 Å². The van der Waals surface area contributed by atoms with Gasteiger partial charge in [0.15, 0.2) is 0 Å². The second-order valence-corrected chi connectivity index (χ2v) is 7.61. The molecule has 1 N–H and O–H groups in total. The average molecular weight is 389 g/mol. The van der Waals surface area contributed by atoms with Gasteiger partial charge in [0.2, 0.25) is 5.91 Å². The Bertz CT molecular complexity index is 856. The molecule has 0 saturated carbocycles. The van der Waals surface area contributed by atoms with Crippen LogP contribution in [0.4, 0.5) is 13.2 Å². The zero-order valence-electron chi connectivity index (χ0n) is 15.4. The van der Waals surface area contributed by atoms with Crippen LogP contribution in [0.15, 0.2) is 42.6 Å². The highest BCUT2D eigenvalue weighted by Crippen LogP contribution is 2.37. The number of benzene rings is 1. The normalized spacial score (nSPS) is 19.3. The van der Waals surface area contributed by atoms with Crippen molar-refractivity contribution < 1.29 is 18.0 Å². The van der Waals surface area contributed by atoms with Crippen LogP contribution in [-0.2, 0) is 29.4 Å². The van der Waals surface area contributed by atoms with Gasteiger partial charge < -0.3 is 10.2 Å². The number of likely N-dealkylation sites (tertiary alicyclic amines) is 1. The van der Waals surface area contributed by atoms with Gasteiger partial charge in [0.1, 0.15) is 5.69 Å². The van der Waals surface area contributed by atoms with Crippen molar-refractivity contribution in [1.82, 2.24) is 15.2 Å². The van der Waals surface area contributed by atoms with Crippen molar-refractivity contribution in [3.63, 3.8) is 0 Å². The monoisotopic (exact) mass is 389 g/mol. The number of amides is 1. The number of carbonyl (C=O) groups excluding carboxylic acids is 1. The zero-order chi connectivity index (χ0) is 19.8. The summed E-state index contributed by atoms with van der Waals surface area (Å²) >= 11 is 0. The van der Waals surface area contributed by atoms with Gasteiger partial charge in [-0.25, -0.2) is 0 Å². The zero-order valence-corrected chi connectivity index (χ0v) is 15.4. The fourth-order valence-corrected chi connectivity index (χ4v) is 4.27. The Morgan fingerprint density at radius 2 is 1.86 bits per heavy atom. The number of hydrogen-bond acceptors (Lipinski definition) is 3. The Hall–Kier alpha value is -2.41. The number of halogens is 3. The number of rotatable bonds is 3. The van der Waals surface area contributed by atoms with Crippen molar-refractivity contribution >= 4 is 5.91 Å². The summed E-state index contributed by atoms with van der Waals surface area (Å²) in [5.74, 6) is 0.0722. The Balaban J connectivity index is 1.37. The van der Waals surface area contributed by atoms with Crippen LogP contribution in [0.1, 0.15) is 35.2 Å². The van der Waals surface area contributed by atoms with Crippen molar-refractivity contribution in [3.8, 4) is 0 Å². The first-order valence-corrected chi connectivity index (χ1v) is 9.50. The predicted molar refractivity (Wildman–Crippen MR) is 98.6 cm³/mol. The molecule has 4 nitrogen and oxygen atoms in total. The fourth-order valence-electron chi connectivity index (χ4n) is 4.27. The summed E-state index contributed by atoms with van der Waals surface area (Å²) in [5, 5.41) is 3.22. The smallest absolute Gasteiger partial charge is 0.346 e. The van der Waals surface area contributed by atoms with Crippen LogP contribution in [0.2, 0.25) is 0 Å². The van der Waals surface area contributed by atoms with Gasteiger partial charge >= 0.3 is 6.18 Å². The van der Waals surface area contributed by atoms with Crippen LogP contribution < -0.4 is 5.32 Å². The van der Waals surface area contributed by atoms with Gasteiger partial charge in [-0.3, -0.25) is 9.78 Å². The van der Waals surface area contributed by atoms with E-state index in [1.54, 1.807) is 0 Å².